The molecule has 0 atom stereocenters. The molecule has 1 aromatic heterocycles. The first-order valence-electron chi connectivity index (χ1n) is 7.02. The van der Waals surface area contributed by atoms with Crippen LogP contribution in [0.4, 0.5) is 5.82 Å². The molecule has 0 bridgehead atoms. The van der Waals surface area contributed by atoms with Crippen LogP contribution >= 0.6 is 0 Å². The molecule has 1 amide bonds. The van der Waals surface area contributed by atoms with Crippen molar-refractivity contribution in [2.24, 2.45) is 0 Å². The molecule has 19 heavy (non-hydrogen) atoms. The lowest BCUT2D eigenvalue weighted by Gasteiger charge is -2.16. The smallest absolute Gasteiger partial charge is 0.271 e. The molecule has 1 N–H and O–H groups in total. The maximum Gasteiger partial charge on any atom is 0.271 e. The van der Waals surface area contributed by atoms with Crippen LogP contribution in [0, 0.1) is 0 Å². The van der Waals surface area contributed by atoms with Gasteiger partial charge in [-0.25, -0.2) is 0 Å². The number of nitrogens with one attached hydrogen (secondary N) is 1. The van der Waals surface area contributed by atoms with E-state index >= 15 is 0 Å². The zero-order valence-corrected chi connectivity index (χ0v) is 12.1. The summed E-state index contributed by atoms with van der Waals surface area (Å²) in [6, 6.07) is 3.57. The number of nitrogens with zero attached hydrogens (tertiary/aromatic N) is 3. The van der Waals surface area contributed by atoms with Crippen molar-refractivity contribution in [1.82, 2.24) is 15.5 Å². The summed E-state index contributed by atoms with van der Waals surface area (Å²) in [5.41, 5.74) is 0.378. The van der Waals surface area contributed by atoms with Gasteiger partial charge in [-0.15, -0.1) is 10.2 Å². The number of amides is 1. The van der Waals surface area contributed by atoms with Crippen molar-refractivity contribution >= 4 is 11.7 Å². The monoisotopic (exact) mass is 264 g/mol. The molecule has 106 valence electrons. The highest BCUT2D eigenvalue weighted by Gasteiger charge is 2.08. The molecule has 1 heterocycles. The highest BCUT2D eigenvalue weighted by molar-refractivity contribution is 5.92. The van der Waals surface area contributed by atoms with Gasteiger partial charge in [0.2, 0.25) is 0 Å². The topological polar surface area (TPSA) is 58.1 Å². The van der Waals surface area contributed by atoms with Crippen LogP contribution in [0.1, 0.15) is 50.0 Å². The second kappa shape index (κ2) is 8.45. The van der Waals surface area contributed by atoms with Gasteiger partial charge >= 0.3 is 0 Å². The van der Waals surface area contributed by atoms with Gasteiger partial charge in [-0.05, 0) is 25.0 Å². The molecule has 0 fully saturated rings. The quantitative estimate of drug-likeness (QED) is 0.732. The van der Waals surface area contributed by atoms with Crippen LogP contribution in [0.25, 0.3) is 0 Å². The number of anilines is 1. The number of carbonyl (C=O) groups excluding carboxylic acids is 1. The van der Waals surface area contributed by atoms with Crippen LogP contribution in [0.2, 0.25) is 0 Å². The molecule has 0 unspecified atom stereocenters. The van der Waals surface area contributed by atoms with Crippen LogP contribution in [0.5, 0.6) is 0 Å². The summed E-state index contributed by atoms with van der Waals surface area (Å²) in [5.74, 6) is 0.655. The van der Waals surface area contributed by atoms with Crippen LogP contribution in [0.3, 0.4) is 0 Å². The second-order valence-electron chi connectivity index (χ2n) is 4.66. The van der Waals surface area contributed by atoms with Crippen molar-refractivity contribution in [2.75, 3.05) is 25.0 Å². The van der Waals surface area contributed by atoms with E-state index in [1.165, 1.54) is 0 Å². The Bertz CT molecular complexity index is 378. The van der Waals surface area contributed by atoms with Gasteiger partial charge in [-0.2, -0.15) is 0 Å². The first-order valence-corrected chi connectivity index (χ1v) is 7.02. The third-order valence-electron chi connectivity index (χ3n) is 2.94. The highest BCUT2D eigenvalue weighted by atomic mass is 16.1. The Morgan fingerprint density at radius 3 is 2.53 bits per heavy atom. The van der Waals surface area contributed by atoms with Crippen LogP contribution < -0.4 is 10.2 Å². The van der Waals surface area contributed by atoms with E-state index in [2.05, 4.69) is 34.3 Å². The van der Waals surface area contributed by atoms with Gasteiger partial charge in [-0.3, -0.25) is 4.79 Å². The number of hydrogen-bond acceptors (Lipinski definition) is 4. The lowest BCUT2D eigenvalue weighted by atomic mass is 10.3. The van der Waals surface area contributed by atoms with Gasteiger partial charge in [0, 0.05) is 20.1 Å². The summed E-state index contributed by atoms with van der Waals surface area (Å²) in [6.45, 7) is 5.89. The Hall–Kier alpha value is -1.65. The Kier molecular flexibility index (Phi) is 6.85. The minimum atomic E-state index is -0.149. The maximum atomic E-state index is 11.7. The van der Waals surface area contributed by atoms with Crippen LogP contribution in [0.15, 0.2) is 12.1 Å². The van der Waals surface area contributed by atoms with Gasteiger partial charge in [0.25, 0.3) is 5.91 Å². The molecule has 0 aromatic carbocycles. The Labute approximate surface area is 115 Å². The average Bonchev–Trinajstić information content (AvgIpc) is 2.45. The molecule has 1 aromatic rings. The fourth-order valence-electron chi connectivity index (χ4n) is 1.63. The fourth-order valence-corrected chi connectivity index (χ4v) is 1.63. The predicted molar refractivity (Wildman–Crippen MR) is 77.5 cm³/mol. The molecule has 0 saturated heterocycles. The van der Waals surface area contributed by atoms with E-state index in [4.69, 9.17) is 0 Å². The number of hydrogen-bond donors (Lipinski definition) is 1. The molecule has 0 saturated carbocycles. The molecule has 0 aliphatic heterocycles. The zero-order valence-electron chi connectivity index (χ0n) is 12.1. The summed E-state index contributed by atoms with van der Waals surface area (Å²) in [6.07, 6.45) is 4.32. The van der Waals surface area contributed by atoms with Gasteiger partial charge in [0.1, 0.15) is 0 Å². The maximum absolute atomic E-state index is 11.7. The third-order valence-corrected chi connectivity index (χ3v) is 2.94. The molecule has 1 rings (SSSR count). The number of aromatic nitrogens is 2. The van der Waals surface area contributed by atoms with E-state index in [1.807, 2.05) is 13.1 Å². The lowest BCUT2D eigenvalue weighted by Crippen LogP contribution is -2.26. The SMILES string of the molecule is CCCCNC(=O)c1ccc(N(C)CCCC)nn1. The van der Waals surface area contributed by atoms with Gasteiger partial charge in [0.15, 0.2) is 11.5 Å². The molecule has 5 nitrogen and oxygen atoms in total. The molecule has 0 radical (unpaired) electrons. The fraction of sp³-hybridized carbons (Fsp3) is 0.643. The van der Waals surface area contributed by atoms with Gasteiger partial charge < -0.3 is 10.2 Å². The zero-order chi connectivity index (χ0) is 14.1. The molecular weight excluding hydrogens is 240 g/mol. The molecular formula is C14H24N4O. The van der Waals surface area contributed by atoms with E-state index in [1.54, 1.807) is 6.07 Å². The first kappa shape index (κ1) is 15.4. The van der Waals surface area contributed by atoms with E-state index in [-0.39, 0.29) is 5.91 Å². The van der Waals surface area contributed by atoms with E-state index in [0.29, 0.717) is 12.2 Å². The second-order valence-corrected chi connectivity index (χ2v) is 4.66. The highest BCUT2D eigenvalue weighted by Crippen LogP contribution is 2.08. The Morgan fingerprint density at radius 1 is 1.21 bits per heavy atom. The van der Waals surface area contributed by atoms with E-state index < -0.39 is 0 Å². The van der Waals surface area contributed by atoms with Gasteiger partial charge in [-0.1, -0.05) is 26.7 Å². The summed E-state index contributed by atoms with van der Waals surface area (Å²) in [4.78, 5) is 13.8. The molecule has 0 aliphatic carbocycles. The summed E-state index contributed by atoms with van der Waals surface area (Å²) >= 11 is 0. The van der Waals surface area contributed by atoms with Crippen molar-refractivity contribution in [3.05, 3.63) is 17.8 Å². The first-order chi connectivity index (χ1) is 9.19. The minimum absolute atomic E-state index is 0.149. The summed E-state index contributed by atoms with van der Waals surface area (Å²) in [5, 5.41) is 10.9. The summed E-state index contributed by atoms with van der Waals surface area (Å²) < 4.78 is 0. The molecule has 5 heteroatoms. The van der Waals surface area contributed by atoms with Crippen molar-refractivity contribution < 1.29 is 4.79 Å². The van der Waals surface area contributed by atoms with E-state index in [0.717, 1.165) is 38.0 Å². The number of unbranched alkanes of at least 4 members (excludes halogenated alkanes) is 2. The Balaban J connectivity index is 2.53. The summed E-state index contributed by atoms with van der Waals surface area (Å²) in [7, 11) is 1.99. The van der Waals surface area contributed by atoms with Crippen molar-refractivity contribution in [3.8, 4) is 0 Å². The van der Waals surface area contributed by atoms with Crippen molar-refractivity contribution in [1.29, 1.82) is 0 Å². The Morgan fingerprint density at radius 2 is 1.95 bits per heavy atom. The van der Waals surface area contributed by atoms with Crippen LogP contribution in [-0.4, -0.2) is 36.2 Å². The lowest BCUT2D eigenvalue weighted by molar-refractivity contribution is 0.0947. The predicted octanol–water partition coefficient (Wildman–Crippen LogP) is 2.24. The van der Waals surface area contributed by atoms with E-state index in [9.17, 15) is 4.79 Å². The van der Waals surface area contributed by atoms with Crippen molar-refractivity contribution in [2.45, 2.75) is 39.5 Å². The average molecular weight is 264 g/mol. The minimum Gasteiger partial charge on any atom is -0.358 e. The van der Waals surface area contributed by atoms with Crippen molar-refractivity contribution in [3.63, 3.8) is 0 Å². The number of rotatable bonds is 8. The largest absolute Gasteiger partial charge is 0.358 e. The number of carbonyl (C=O) groups is 1. The molecule has 0 aliphatic rings. The third kappa shape index (κ3) is 5.24. The molecule has 0 spiro atoms. The van der Waals surface area contributed by atoms with Crippen LogP contribution in [-0.2, 0) is 0 Å². The standard InChI is InChI=1S/C14H24N4O/c1-4-6-10-15-14(19)12-8-9-13(17-16-12)18(3)11-7-5-2/h8-9H,4-7,10-11H2,1-3H3,(H,15,19). The normalized spacial score (nSPS) is 10.3. The van der Waals surface area contributed by atoms with Gasteiger partial charge in [0.05, 0.1) is 0 Å².